The number of amides is 1. The number of benzene rings is 1. The molecule has 130 valence electrons. The van der Waals surface area contributed by atoms with Crippen molar-refractivity contribution in [2.24, 2.45) is 0 Å². The molecular weight excluding hydrogens is 304 g/mol. The highest BCUT2D eigenvalue weighted by atomic mass is 16.5. The first-order valence-corrected chi connectivity index (χ1v) is 8.04. The van der Waals surface area contributed by atoms with E-state index in [1.54, 1.807) is 0 Å². The standard InChI is InChI=1S/C18H26N4O2/c1-12(23)20-14-9-7-13(8-10-14)11-19-18(5,6)15-21-16(24-22-15)17(2,3)4/h7-10,19H,11H2,1-6H3,(H,20,23). The maximum Gasteiger partial charge on any atom is 0.232 e. The van der Waals surface area contributed by atoms with E-state index in [0.717, 1.165) is 11.3 Å². The molecule has 0 unspecified atom stereocenters. The number of aromatic nitrogens is 2. The third-order valence-corrected chi connectivity index (χ3v) is 3.64. The van der Waals surface area contributed by atoms with Gasteiger partial charge >= 0.3 is 0 Å². The van der Waals surface area contributed by atoms with E-state index in [2.05, 4.69) is 20.8 Å². The van der Waals surface area contributed by atoms with Crippen LogP contribution in [0.3, 0.4) is 0 Å². The number of hydrogen-bond donors (Lipinski definition) is 2. The molecule has 0 saturated heterocycles. The number of rotatable bonds is 5. The van der Waals surface area contributed by atoms with E-state index >= 15 is 0 Å². The zero-order chi connectivity index (χ0) is 18.0. The summed E-state index contributed by atoms with van der Waals surface area (Å²) in [4.78, 5) is 15.6. The Labute approximate surface area is 143 Å². The van der Waals surface area contributed by atoms with Crippen LogP contribution in [0.15, 0.2) is 28.8 Å². The number of nitrogens with zero attached hydrogens (tertiary/aromatic N) is 2. The predicted octanol–water partition coefficient (Wildman–Crippen LogP) is 3.35. The van der Waals surface area contributed by atoms with Gasteiger partial charge in [-0.1, -0.05) is 38.1 Å². The highest BCUT2D eigenvalue weighted by molar-refractivity contribution is 5.88. The first kappa shape index (κ1) is 18.1. The van der Waals surface area contributed by atoms with E-state index in [9.17, 15) is 4.79 Å². The van der Waals surface area contributed by atoms with Crippen LogP contribution in [-0.4, -0.2) is 16.0 Å². The SMILES string of the molecule is CC(=O)Nc1ccc(CNC(C)(C)c2noc(C(C)(C)C)n2)cc1. The molecule has 2 rings (SSSR count). The van der Waals surface area contributed by atoms with Crippen molar-refractivity contribution in [1.82, 2.24) is 15.5 Å². The maximum absolute atomic E-state index is 11.0. The highest BCUT2D eigenvalue weighted by Crippen LogP contribution is 2.24. The molecule has 1 aromatic carbocycles. The van der Waals surface area contributed by atoms with Gasteiger partial charge in [0.2, 0.25) is 11.8 Å². The van der Waals surface area contributed by atoms with Gasteiger partial charge in [0.05, 0.1) is 5.54 Å². The molecule has 1 heterocycles. The van der Waals surface area contributed by atoms with Crippen LogP contribution in [0.5, 0.6) is 0 Å². The molecule has 0 spiro atoms. The van der Waals surface area contributed by atoms with Crippen LogP contribution in [0, 0.1) is 0 Å². The summed E-state index contributed by atoms with van der Waals surface area (Å²) in [6.45, 7) is 12.3. The van der Waals surface area contributed by atoms with Crippen LogP contribution in [0.2, 0.25) is 0 Å². The van der Waals surface area contributed by atoms with Crippen molar-refractivity contribution < 1.29 is 9.32 Å². The van der Waals surface area contributed by atoms with Crippen LogP contribution >= 0.6 is 0 Å². The molecule has 0 bridgehead atoms. The molecule has 6 nitrogen and oxygen atoms in total. The number of hydrogen-bond acceptors (Lipinski definition) is 5. The summed E-state index contributed by atoms with van der Waals surface area (Å²) in [6.07, 6.45) is 0. The molecule has 0 aliphatic carbocycles. The number of nitrogens with one attached hydrogen (secondary N) is 2. The largest absolute Gasteiger partial charge is 0.339 e. The van der Waals surface area contributed by atoms with Crippen molar-refractivity contribution in [3.63, 3.8) is 0 Å². The molecule has 0 atom stereocenters. The topological polar surface area (TPSA) is 80.0 Å². The van der Waals surface area contributed by atoms with Gasteiger partial charge in [-0.15, -0.1) is 0 Å². The van der Waals surface area contributed by atoms with Crippen molar-refractivity contribution in [1.29, 1.82) is 0 Å². The monoisotopic (exact) mass is 330 g/mol. The van der Waals surface area contributed by atoms with Crippen LogP contribution < -0.4 is 10.6 Å². The predicted molar refractivity (Wildman–Crippen MR) is 93.6 cm³/mol. The Hall–Kier alpha value is -2.21. The molecule has 1 aromatic heterocycles. The average molecular weight is 330 g/mol. The smallest absolute Gasteiger partial charge is 0.232 e. The Balaban J connectivity index is 2.01. The molecule has 0 aliphatic heterocycles. The van der Waals surface area contributed by atoms with E-state index in [4.69, 9.17) is 4.52 Å². The fourth-order valence-electron chi connectivity index (χ4n) is 2.09. The highest BCUT2D eigenvalue weighted by Gasteiger charge is 2.29. The first-order valence-electron chi connectivity index (χ1n) is 8.04. The summed E-state index contributed by atoms with van der Waals surface area (Å²) in [7, 11) is 0. The lowest BCUT2D eigenvalue weighted by atomic mass is 9.97. The van der Waals surface area contributed by atoms with Crippen LogP contribution in [0.4, 0.5) is 5.69 Å². The van der Waals surface area contributed by atoms with Crippen LogP contribution in [0.25, 0.3) is 0 Å². The van der Waals surface area contributed by atoms with E-state index in [1.165, 1.54) is 6.92 Å². The van der Waals surface area contributed by atoms with Gasteiger partial charge in [0.1, 0.15) is 0 Å². The fourth-order valence-corrected chi connectivity index (χ4v) is 2.09. The normalized spacial score (nSPS) is 12.2. The summed E-state index contributed by atoms with van der Waals surface area (Å²) < 4.78 is 5.38. The molecule has 0 aliphatic rings. The molecule has 24 heavy (non-hydrogen) atoms. The second kappa shape index (κ2) is 6.73. The van der Waals surface area contributed by atoms with Crippen LogP contribution in [-0.2, 0) is 22.3 Å². The molecule has 6 heteroatoms. The van der Waals surface area contributed by atoms with Crippen molar-refractivity contribution >= 4 is 11.6 Å². The zero-order valence-corrected chi connectivity index (χ0v) is 15.2. The van der Waals surface area contributed by atoms with Gasteiger partial charge in [0.25, 0.3) is 0 Å². The Morgan fingerprint density at radius 1 is 1.12 bits per heavy atom. The summed E-state index contributed by atoms with van der Waals surface area (Å²) in [5, 5.41) is 10.3. The van der Waals surface area contributed by atoms with Gasteiger partial charge in [0.15, 0.2) is 5.82 Å². The molecule has 0 radical (unpaired) electrons. The van der Waals surface area contributed by atoms with E-state index in [0.29, 0.717) is 18.3 Å². The maximum atomic E-state index is 11.0. The van der Waals surface area contributed by atoms with E-state index in [-0.39, 0.29) is 11.3 Å². The fraction of sp³-hybridized carbons (Fsp3) is 0.500. The summed E-state index contributed by atoms with van der Waals surface area (Å²) in [5.74, 6) is 1.20. The minimum absolute atomic E-state index is 0.0752. The number of anilines is 1. The second-order valence-corrected chi connectivity index (χ2v) is 7.53. The lowest BCUT2D eigenvalue weighted by Gasteiger charge is -2.22. The molecular formula is C18H26N4O2. The lowest BCUT2D eigenvalue weighted by molar-refractivity contribution is -0.114. The molecule has 0 fully saturated rings. The lowest BCUT2D eigenvalue weighted by Crippen LogP contribution is -2.37. The Morgan fingerprint density at radius 3 is 2.25 bits per heavy atom. The molecule has 0 saturated carbocycles. The van der Waals surface area contributed by atoms with Gasteiger partial charge in [0, 0.05) is 24.6 Å². The molecule has 2 aromatic rings. The summed E-state index contributed by atoms with van der Waals surface area (Å²) in [5.41, 5.74) is 1.32. The molecule has 1 amide bonds. The minimum Gasteiger partial charge on any atom is -0.339 e. The second-order valence-electron chi connectivity index (χ2n) is 7.53. The van der Waals surface area contributed by atoms with Gasteiger partial charge in [-0.3, -0.25) is 4.79 Å². The van der Waals surface area contributed by atoms with Gasteiger partial charge in [-0.25, -0.2) is 0 Å². The van der Waals surface area contributed by atoms with Crippen molar-refractivity contribution in [2.75, 3.05) is 5.32 Å². The summed E-state index contributed by atoms with van der Waals surface area (Å²) >= 11 is 0. The first-order chi connectivity index (χ1) is 11.1. The number of carbonyl (C=O) groups excluding carboxylic acids is 1. The van der Waals surface area contributed by atoms with Gasteiger partial charge in [-0.05, 0) is 31.5 Å². The van der Waals surface area contributed by atoms with Crippen LogP contribution in [0.1, 0.15) is 58.8 Å². The number of carbonyl (C=O) groups is 1. The van der Waals surface area contributed by atoms with E-state index in [1.807, 2.05) is 58.9 Å². The third-order valence-electron chi connectivity index (χ3n) is 3.64. The molecule has 2 N–H and O–H groups in total. The van der Waals surface area contributed by atoms with Gasteiger partial charge in [-0.2, -0.15) is 4.98 Å². The van der Waals surface area contributed by atoms with Crippen molar-refractivity contribution in [3.8, 4) is 0 Å². The van der Waals surface area contributed by atoms with Crippen molar-refractivity contribution in [3.05, 3.63) is 41.5 Å². The van der Waals surface area contributed by atoms with Gasteiger partial charge < -0.3 is 15.2 Å². The van der Waals surface area contributed by atoms with E-state index < -0.39 is 5.54 Å². The summed E-state index contributed by atoms with van der Waals surface area (Å²) in [6, 6.07) is 7.73. The average Bonchev–Trinajstić information content (AvgIpc) is 2.97. The zero-order valence-electron chi connectivity index (χ0n) is 15.2. The Kier molecular flexibility index (Phi) is 5.08. The minimum atomic E-state index is -0.413. The Bertz CT molecular complexity index is 697. The third kappa shape index (κ3) is 4.64. The Morgan fingerprint density at radius 2 is 1.75 bits per heavy atom. The van der Waals surface area contributed by atoms with Crippen molar-refractivity contribution in [2.45, 2.75) is 59.0 Å². The quantitative estimate of drug-likeness (QED) is 0.879.